The maximum atomic E-state index is 11.1. The Kier molecular flexibility index (Phi) is 4.20. The van der Waals surface area contributed by atoms with Gasteiger partial charge in [-0.15, -0.1) is 0 Å². The second-order valence-corrected chi connectivity index (χ2v) is 3.06. The molecule has 0 aliphatic rings. The molecule has 1 unspecified atom stereocenters. The average Bonchev–Trinajstić information content (AvgIpc) is 2.28. The first-order valence-corrected chi connectivity index (χ1v) is 4.61. The third-order valence-electron chi connectivity index (χ3n) is 1.99. The number of ether oxygens (including phenoxy) is 1. The summed E-state index contributed by atoms with van der Waals surface area (Å²) in [6.45, 7) is 0.390. The molecule has 3 N–H and O–H groups in total. The summed E-state index contributed by atoms with van der Waals surface area (Å²) >= 11 is 0. The molecule has 1 aromatic heterocycles. The van der Waals surface area contributed by atoms with Gasteiger partial charge in [-0.1, -0.05) is 0 Å². The van der Waals surface area contributed by atoms with E-state index >= 15 is 0 Å². The molecule has 0 aliphatic heterocycles. The Labute approximate surface area is 87.9 Å². The standard InChI is InChI=1S/C10H14N2O3/c1-15-10(14)7-2-3-8(12-6-7)9(13)4-5-11/h2-3,6,9,13H,4-5,11H2,1H3. The zero-order chi connectivity index (χ0) is 11.3. The average molecular weight is 210 g/mol. The Morgan fingerprint density at radius 2 is 2.40 bits per heavy atom. The van der Waals surface area contributed by atoms with Gasteiger partial charge < -0.3 is 15.6 Å². The van der Waals surface area contributed by atoms with Crippen molar-refractivity contribution in [2.75, 3.05) is 13.7 Å². The summed E-state index contributed by atoms with van der Waals surface area (Å²) in [7, 11) is 1.31. The lowest BCUT2D eigenvalue weighted by Crippen LogP contribution is -2.09. The van der Waals surface area contributed by atoms with Crippen LogP contribution in [0, 0.1) is 0 Å². The highest BCUT2D eigenvalue weighted by Crippen LogP contribution is 2.13. The predicted octanol–water partition coefficient (Wildman–Crippen LogP) is 0.250. The van der Waals surface area contributed by atoms with Crippen molar-refractivity contribution in [2.45, 2.75) is 12.5 Å². The lowest BCUT2D eigenvalue weighted by molar-refractivity contribution is 0.0600. The Morgan fingerprint density at radius 1 is 1.67 bits per heavy atom. The van der Waals surface area contributed by atoms with E-state index in [9.17, 15) is 9.90 Å². The maximum Gasteiger partial charge on any atom is 0.339 e. The first-order valence-electron chi connectivity index (χ1n) is 4.61. The molecule has 1 aromatic rings. The number of hydrogen-bond acceptors (Lipinski definition) is 5. The number of aliphatic hydroxyl groups excluding tert-OH is 1. The molecule has 15 heavy (non-hydrogen) atoms. The van der Waals surface area contributed by atoms with E-state index in [-0.39, 0.29) is 0 Å². The summed E-state index contributed by atoms with van der Waals surface area (Å²) in [4.78, 5) is 15.0. The van der Waals surface area contributed by atoms with E-state index < -0.39 is 12.1 Å². The number of nitrogens with zero attached hydrogens (tertiary/aromatic N) is 1. The third kappa shape index (κ3) is 3.00. The predicted molar refractivity (Wildman–Crippen MR) is 54.2 cm³/mol. The minimum Gasteiger partial charge on any atom is -0.465 e. The Hall–Kier alpha value is -1.46. The van der Waals surface area contributed by atoms with Crippen molar-refractivity contribution in [3.8, 4) is 0 Å². The molecule has 5 nitrogen and oxygen atoms in total. The van der Waals surface area contributed by atoms with Crippen LogP contribution in [-0.2, 0) is 4.74 Å². The summed E-state index contributed by atoms with van der Waals surface area (Å²) in [6, 6.07) is 3.15. The van der Waals surface area contributed by atoms with E-state index in [2.05, 4.69) is 9.72 Å². The molecular weight excluding hydrogens is 196 g/mol. The van der Waals surface area contributed by atoms with Crippen molar-refractivity contribution in [3.63, 3.8) is 0 Å². The van der Waals surface area contributed by atoms with E-state index in [1.807, 2.05) is 0 Å². The molecule has 1 rings (SSSR count). The van der Waals surface area contributed by atoms with Gasteiger partial charge in [0.2, 0.25) is 0 Å². The van der Waals surface area contributed by atoms with Gasteiger partial charge in [0.15, 0.2) is 0 Å². The molecule has 1 atom stereocenters. The second-order valence-electron chi connectivity index (χ2n) is 3.06. The number of hydrogen-bond donors (Lipinski definition) is 2. The van der Waals surface area contributed by atoms with Crippen molar-refractivity contribution in [1.82, 2.24) is 4.98 Å². The van der Waals surface area contributed by atoms with Crippen LogP contribution in [0.15, 0.2) is 18.3 Å². The summed E-state index contributed by atoms with van der Waals surface area (Å²) < 4.78 is 4.52. The fourth-order valence-electron chi connectivity index (χ4n) is 1.15. The van der Waals surface area contributed by atoms with Gasteiger partial charge in [-0.05, 0) is 25.1 Å². The van der Waals surface area contributed by atoms with Crippen LogP contribution in [0.25, 0.3) is 0 Å². The molecule has 82 valence electrons. The highest BCUT2D eigenvalue weighted by atomic mass is 16.5. The van der Waals surface area contributed by atoms with E-state index in [0.717, 1.165) is 0 Å². The Bertz CT molecular complexity index is 324. The number of aromatic nitrogens is 1. The number of esters is 1. The smallest absolute Gasteiger partial charge is 0.339 e. The van der Waals surface area contributed by atoms with Gasteiger partial charge in [-0.25, -0.2) is 4.79 Å². The van der Waals surface area contributed by atoms with Crippen LogP contribution in [-0.4, -0.2) is 29.7 Å². The van der Waals surface area contributed by atoms with Gasteiger partial charge in [-0.2, -0.15) is 0 Å². The molecule has 0 bridgehead atoms. The SMILES string of the molecule is COC(=O)c1ccc(C(O)CCN)nc1. The molecule has 1 heterocycles. The van der Waals surface area contributed by atoms with E-state index in [4.69, 9.17) is 5.73 Å². The molecule has 0 amide bonds. The van der Waals surface area contributed by atoms with Gasteiger partial charge in [0, 0.05) is 6.20 Å². The molecule has 0 aliphatic carbocycles. The lowest BCUT2D eigenvalue weighted by Gasteiger charge is -2.08. The molecule has 0 saturated heterocycles. The number of carbonyl (C=O) groups is 1. The number of carbonyl (C=O) groups excluding carboxylic acids is 1. The minimum atomic E-state index is -0.679. The van der Waals surface area contributed by atoms with Crippen LogP contribution in [0.2, 0.25) is 0 Å². The third-order valence-corrected chi connectivity index (χ3v) is 1.99. The number of aliphatic hydroxyl groups is 1. The normalized spacial score (nSPS) is 12.2. The second kappa shape index (κ2) is 5.43. The fraction of sp³-hybridized carbons (Fsp3) is 0.400. The van der Waals surface area contributed by atoms with Gasteiger partial charge in [0.1, 0.15) is 0 Å². The van der Waals surface area contributed by atoms with Crippen LogP contribution in [0.5, 0.6) is 0 Å². The Balaban J connectivity index is 2.76. The van der Waals surface area contributed by atoms with Gasteiger partial charge >= 0.3 is 5.97 Å². The molecule has 5 heteroatoms. The monoisotopic (exact) mass is 210 g/mol. The number of rotatable bonds is 4. The zero-order valence-electron chi connectivity index (χ0n) is 8.51. The van der Waals surface area contributed by atoms with Crippen LogP contribution >= 0.6 is 0 Å². The van der Waals surface area contributed by atoms with Crippen molar-refractivity contribution in [3.05, 3.63) is 29.6 Å². The lowest BCUT2D eigenvalue weighted by atomic mass is 10.1. The molecular formula is C10H14N2O3. The quantitative estimate of drug-likeness (QED) is 0.696. The van der Waals surface area contributed by atoms with Crippen molar-refractivity contribution < 1.29 is 14.6 Å². The van der Waals surface area contributed by atoms with Crippen molar-refractivity contribution in [1.29, 1.82) is 0 Å². The molecule has 0 fully saturated rings. The topological polar surface area (TPSA) is 85.4 Å². The van der Waals surface area contributed by atoms with E-state index in [1.54, 1.807) is 12.1 Å². The summed E-state index contributed by atoms with van der Waals surface area (Å²) in [5, 5.41) is 9.55. The van der Waals surface area contributed by atoms with Crippen LogP contribution in [0.4, 0.5) is 0 Å². The summed E-state index contributed by atoms with van der Waals surface area (Å²) in [5.74, 6) is -0.442. The van der Waals surface area contributed by atoms with Gasteiger partial charge in [0.25, 0.3) is 0 Å². The highest BCUT2D eigenvalue weighted by molar-refractivity contribution is 5.88. The Morgan fingerprint density at radius 3 is 2.87 bits per heavy atom. The molecule has 0 aromatic carbocycles. The van der Waals surface area contributed by atoms with Gasteiger partial charge in [-0.3, -0.25) is 4.98 Å². The minimum absolute atomic E-state index is 0.362. The first-order chi connectivity index (χ1) is 7.19. The number of nitrogens with two attached hydrogens (primary N) is 1. The van der Waals surface area contributed by atoms with Crippen LogP contribution in [0.3, 0.4) is 0 Å². The van der Waals surface area contributed by atoms with E-state index in [0.29, 0.717) is 24.2 Å². The van der Waals surface area contributed by atoms with E-state index in [1.165, 1.54) is 13.3 Å². The number of methoxy groups -OCH3 is 1. The van der Waals surface area contributed by atoms with Gasteiger partial charge in [0.05, 0.1) is 24.5 Å². The van der Waals surface area contributed by atoms with Crippen molar-refractivity contribution >= 4 is 5.97 Å². The molecule has 0 saturated carbocycles. The molecule has 0 radical (unpaired) electrons. The maximum absolute atomic E-state index is 11.1. The molecule has 0 spiro atoms. The van der Waals surface area contributed by atoms with Crippen molar-refractivity contribution in [2.24, 2.45) is 5.73 Å². The van der Waals surface area contributed by atoms with Crippen LogP contribution < -0.4 is 5.73 Å². The number of pyridine rings is 1. The first kappa shape index (κ1) is 11.6. The summed E-state index contributed by atoms with van der Waals surface area (Å²) in [5.41, 5.74) is 6.17. The summed E-state index contributed by atoms with van der Waals surface area (Å²) in [6.07, 6.45) is 1.15. The largest absolute Gasteiger partial charge is 0.465 e. The zero-order valence-corrected chi connectivity index (χ0v) is 8.51. The van der Waals surface area contributed by atoms with Crippen LogP contribution in [0.1, 0.15) is 28.6 Å². The fourth-order valence-corrected chi connectivity index (χ4v) is 1.15. The highest BCUT2D eigenvalue weighted by Gasteiger charge is 2.10.